The molecular formula is C21H24ClFN4O2. The number of nitrogens with two attached hydrogens (primary N) is 1. The summed E-state index contributed by atoms with van der Waals surface area (Å²) < 4.78 is 24.0. The second kappa shape index (κ2) is 9.93. The van der Waals surface area contributed by atoms with Gasteiger partial charge in [0.15, 0.2) is 0 Å². The van der Waals surface area contributed by atoms with E-state index in [1.54, 1.807) is 12.1 Å². The van der Waals surface area contributed by atoms with Crippen molar-refractivity contribution in [3.63, 3.8) is 0 Å². The van der Waals surface area contributed by atoms with E-state index < -0.39 is 0 Å². The summed E-state index contributed by atoms with van der Waals surface area (Å²) in [5.74, 6) is 0.403. The van der Waals surface area contributed by atoms with Crippen LogP contribution in [0, 0.1) is 5.82 Å². The van der Waals surface area contributed by atoms with E-state index in [0.717, 1.165) is 44.0 Å². The molecule has 2 N–H and O–H groups in total. The number of ether oxygens (including phenoxy) is 1. The molecule has 0 radical (unpaired) electrons. The Morgan fingerprint density at radius 1 is 1.03 bits per heavy atom. The molecule has 4 rings (SSSR count). The number of aromatic nitrogens is 2. The van der Waals surface area contributed by atoms with Crippen LogP contribution in [0.1, 0.15) is 22.9 Å². The number of morpholine rings is 1. The van der Waals surface area contributed by atoms with E-state index >= 15 is 0 Å². The van der Waals surface area contributed by atoms with Gasteiger partial charge in [-0.15, -0.1) is 12.4 Å². The van der Waals surface area contributed by atoms with Crippen LogP contribution < -0.4 is 5.73 Å². The molecule has 8 heteroatoms. The van der Waals surface area contributed by atoms with Gasteiger partial charge in [0.2, 0.25) is 11.7 Å². The Morgan fingerprint density at radius 2 is 1.72 bits per heavy atom. The zero-order valence-corrected chi connectivity index (χ0v) is 16.8. The molecule has 1 saturated heterocycles. The SMILES string of the molecule is Cl.NCC(c1ccc(F)cc1)c1nc(-c2ccc(CN3CCOCC3)cc2)no1. The number of halogens is 2. The lowest BCUT2D eigenvalue weighted by Crippen LogP contribution is -2.35. The monoisotopic (exact) mass is 418 g/mol. The molecule has 0 aliphatic carbocycles. The summed E-state index contributed by atoms with van der Waals surface area (Å²) >= 11 is 0. The highest BCUT2D eigenvalue weighted by Crippen LogP contribution is 2.25. The zero-order valence-electron chi connectivity index (χ0n) is 16.0. The van der Waals surface area contributed by atoms with Gasteiger partial charge in [0, 0.05) is 31.7 Å². The molecule has 3 aromatic rings. The molecule has 0 amide bonds. The van der Waals surface area contributed by atoms with Crippen molar-refractivity contribution in [3.8, 4) is 11.4 Å². The van der Waals surface area contributed by atoms with Crippen molar-refractivity contribution < 1.29 is 13.7 Å². The van der Waals surface area contributed by atoms with Gasteiger partial charge in [-0.25, -0.2) is 4.39 Å². The van der Waals surface area contributed by atoms with Crippen LogP contribution in [-0.4, -0.2) is 47.9 Å². The normalized spacial score (nSPS) is 15.7. The van der Waals surface area contributed by atoms with Gasteiger partial charge in [-0.3, -0.25) is 4.90 Å². The number of hydrogen-bond donors (Lipinski definition) is 1. The average Bonchev–Trinajstić information content (AvgIpc) is 3.21. The van der Waals surface area contributed by atoms with Crippen LogP contribution in [-0.2, 0) is 11.3 Å². The van der Waals surface area contributed by atoms with Gasteiger partial charge >= 0.3 is 0 Å². The van der Waals surface area contributed by atoms with Gasteiger partial charge in [0.1, 0.15) is 5.82 Å². The molecule has 2 heterocycles. The summed E-state index contributed by atoms with van der Waals surface area (Å²) in [6.07, 6.45) is 0. The minimum atomic E-state index is -0.289. The molecule has 29 heavy (non-hydrogen) atoms. The number of hydrogen-bond acceptors (Lipinski definition) is 6. The summed E-state index contributed by atoms with van der Waals surface area (Å²) in [7, 11) is 0. The fourth-order valence-corrected chi connectivity index (χ4v) is 3.35. The summed E-state index contributed by atoms with van der Waals surface area (Å²) in [5.41, 5.74) is 8.87. The van der Waals surface area contributed by atoms with Crippen molar-refractivity contribution in [2.75, 3.05) is 32.8 Å². The van der Waals surface area contributed by atoms with Crippen LogP contribution in [0.5, 0.6) is 0 Å². The summed E-state index contributed by atoms with van der Waals surface area (Å²) in [4.78, 5) is 6.89. The van der Waals surface area contributed by atoms with Crippen molar-refractivity contribution in [1.82, 2.24) is 15.0 Å². The molecule has 0 bridgehead atoms. The van der Waals surface area contributed by atoms with Crippen LogP contribution in [0.4, 0.5) is 4.39 Å². The van der Waals surface area contributed by atoms with E-state index in [9.17, 15) is 4.39 Å². The fourth-order valence-electron chi connectivity index (χ4n) is 3.35. The molecule has 0 saturated carbocycles. The highest BCUT2D eigenvalue weighted by Gasteiger charge is 2.20. The van der Waals surface area contributed by atoms with Crippen LogP contribution in [0.25, 0.3) is 11.4 Å². The third kappa shape index (κ3) is 5.19. The van der Waals surface area contributed by atoms with Crippen molar-refractivity contribution in [1.29, 1.82) is 0 Å². The first kappa shape index (κ1) is 21.4. The Balaban J connectivity index is 0.00000240. The Morgan fingerprint density at radius 3 is 2.38 bits per heavy atom. The van der Waals surface area contributed by atoms with Crippen LogP contribution in [0.2, 0.25) is 0 Å². The predicted octanol–water partition coefficient (Wildman–Crippen LogP) is 3.22. The van der Waals surface area contributed by atoms with Gasteiger partial charge in [-0.2, -0.15) is 4.98 Å². The average molecular weight is 419 g/mol. The Bertz CT molecular complexity index is 896. The largest absolute Gasteiger partial charge is 0.379 e. The first-order chi connectivity index (χ1) is 13.7. The Labute approximate surface area is 175 Å². The Kier molecular flexibility index (Phi) is 7.33. The lowest BCUT2D eigenvalue weighted by molar-refractivity contribution is 0.0342. The van der Waals surface area contributed by atoms with Gasteiger partial charge in [-0.05, 0) is 23.3 Å². The highest BCUT2D eigenvalue weighted by molar-refractivity contribution is 5.85. The molecule has 2 aromatic carbocycles. The van der Waals surface area contributed by atoms with E-state index in [1.165, 1.54) is 17.7 Å². The minimum Gasteiger partial charge on any atom is -0.379 e. The van der Waals surface area contributed by atoms with Crippen LogP contribution in [0.15, 0.2) is 53.1 Å². The van der Waals surface area contributed by atoms with E-state index in [-0.39, 0.29) is 24.1 Å². The second-order valence-corrected chi connectivity index (χ2v) is 6.88. The van der Waals surface area contributed by atoms with Crippen molar-refractivity contribution >= 4 is 12.4 Å². The zero-order chi connectivity index (χ0) is 19.3. The molecular weight excluding hydrogens is 395 g/mol. The van der Waals surface area contributed by atoms with Crippen LogP contribution >= 0.6 is 12.4 Å². The maximum atomic E-state index is 13.2. The maximum Gasteiger partial charge on any atom is 0.235 e. The van der Waals surface area contributed by atoms with Crippen molar-refractivity contribution in [3.05, 3.63) is 71.4 Å². The molecule has 154 valence electrons. The maximum absolute atomic E-state index is 13.2. The predicted molar refractivity (Wildman–Crippen MR) is 110 cm³/mol. The van der Waals surface area contributed by atoms with Crippen molar-refractivity contribution in [2.45, 2.75) is 12.5 Å². The van der Waals surface area contributed by atoms with Gasteiger partial charge in [0.05, 0.1) is 19.1 Å². The summed E-state index contributed by atoms with van der Waals surface area (Å²) in [6, 6.07) is 14.4. The topological polar surface area (TPSA) is 77.4 Å². The summed E-state index contributed by atoms with van der Waals surface area (Å²) in [6.45, 7) is 4.70. The smallest absolute Gasteiger partial charge is 0.235 e. The lowest BCUT2D eigenvalue weighted by atomic mass is 9.99. The Hall–Kier alpha value is -2.32. The lowest BCUT2D eigenvalue weighted by Gasteiger charge is -2.26. The molecule has 1 aliphatic heterocycles. The molecule has 6 nitrogen and oxygen atoms in total. The quantitative estimate of drug-likeness (QED) is 0.662. The third-order valence-corrected chi connectivity index (χ3v) is 4.97. The molecule has 1 aliphatic rings. The standard InChI is InChI=1S/C21H23FN4O2.ClH/c22-18-7-5-16(6-8-18)19(13-23)21-24-20(25-28-21)17-3-1-15(2-4-17)14-26-9-11-27-12-10-26;/h1-8,19H,9-14,23H2;1H. The molecule has 1 fully saturated rings. The minimum absolute atomic E-state index is 0. The first-order valence-corrected chi connectivity index (χ1v) is 9.41. The number of rotatable bonds is 6. The molecule has 1 unspecified atom stereocenters. The van der Waals surface area contributed by atoms with Gasteiger partial charge in [-0.1, -0.05) is 41.6 Å². The number of benzene rings is 2. The van der Waals surface area contributed by atoms with E-state index in [4.69, 9.17) is 15.0 Å². The first-order valence-electron chi connectivity index (χ1n) is 9.41. The van der Waals surface area contributed by atoms with Crippen LogP contribution in [0.3, 0.4) is 0 Å². The van der Waals surface area contributed by atoms with E-state index in [2.05, 4.69) is 27.2 Å². The summed E-state index contributed by atoms with van der Waals surface area (Å²) in [5, 5.41) is 4.10. The highest BCUT2D eigenvalue weighted by atomic mass is 35.5. The van der Waals surface area contributed by atoms with Crippen molar-refractivity contribution in [2.24, 2.45) is 5.73 Å². The number of nitrogens with zero attached hydrogens (tertiary/aromatic N) is 3. The fraction of sp³-hybridized carbons (Fsp3) is 0.333. The molecule has 1 atom stereocenters. The molecule has 1 aromatic heterocycles. The van der Waals surface area contributed by atoms with Gasteiger partial charge in [0.25, 0.3) is 0 Å². The second-order valence-electron chi connectivity index (χ2n) is 6.88. The van der Waals surface area contributed by atoms with Gasteiger partial charge < -0.3 is 15.0 Å². The molecule has 0 spiro atoms. The van der Waals surface area contributed by atoms with E-state index in [1.807, 2.05) is 12.1 Å². The third-order valence-electron chi connectivity index (χ3n) is 4.97. The van der Waals surface area contributed by atoms with E-state index in [0.29, 0.717) is 18.3 Å².